The predicted molar refractivity (Wildman–Crippen MR) is 77.2 cm³/mol. The third kappa shape index (κ3) is 2.49. The fourth-order valence-corrected chi connectivity index (χ4v) is 3.85. The first kappa shape index (κ1) is 12.9. The van der Waals surface area contributed by atoms with Gasteiger partial charge in [0.05, 0.1) is 7.11 Å². The molecule has 1 saturated carbocycles. The van der Waals surface area contributed by atoms with Gasteiger partial charge in [0.25, 0.3) is 0 Å². The Bertz CT molecular complexity index is 405. The molecule has 1 saturated heterocycles. The molecule has 104 valence electrons. The maximum atomic E-state index is 6.03. The van der Waals surface area contributed by atoms with Crippen LogP contribution in [0.5, 0.6) is 5.75 Å². The summed E-state index contributed by atoms with van der Waals surface area (Å²) in [5.41, 5.74) is 7.36. The van der Waals surface area contributed by atoms with Crippen molar-refractivity contribution in [3.63, 3.8) is 0 Å². The van der Waals surface area contributed by atoms with Crippen molar-refractivity contribution in [2.75, 3.05) is 26.7 Å². The van der Waals surface area contributed by atoms with E-state index in [0.29, 0.717) is 12.6 Å². The lowest BCUT2D eigenvalue weighted by Crippen LogP contribution is -2.32. The Hall–Kier alpha value is -1.06. The Labute approximate surface area is 115 Å². The summed E-state index contributed by atoms with van der Waals surface area (Å²) in [5.74, 6) is 2.76. The normalized spacial score (nSPS) is 28.3. The summed E-state index contributed by atoms with van der Waals surface area (Å²) in [6.45, 7) is 3.17. The van der Waals surface area contributed by atoms with Gasteiger partial charge in [-0.1, -0.05) is 18.6 Å². The molecule has 0 bridgehead atoms. The molecule has 2 fully saturated rings. The average Bonchev–Trinajstić information content (AvgIpc) is 3.02. The Morgan fingerprint density at radius 2 is 1.84 bits per heavy atom. The van der Waals surface area contributed by atoms with E-state index < -0.39 is 0 Å². The highest BCUT2D eigenvalue weighted by molar-refractivity contribution is 5.29. The summed E-state index contributed by atoms with van der Waals surface area (Å²) in [7, 11) is 1.71. The van der Waals surface area contributed by atoms with Gasteiger partial charge in [-0.15, -0.1) is 0 Å². The molecule has 19 heavy (non-hydrogen) atoms. The first-order valence-electron chi connectivity index (χ1n) is 7.40. The molecule has 3 rings (SSSR count). The Balaban J connectivity index is 1.73. The van der Waals surface area contributed by atoms with Gasteiger partial charge in [0.2, 0.25) is 0 Å². The molecule has 0 amide bonds. The molecular weight excluding hydrogens is 236 g/mol. The number of methoxy groups -OCH3 is 1. The van der Waals surface area contributed by atoms with E-state index in [1.165, 1.54) is 37.9 Å². The van der Waals surface area contributed by atoms with Crippen LogP contribution >= 0.6 is 0 Å². The minimum Gasteiger partial charge on any atom is -0.497 e. The average molecular weight is 260 g/mol. The fraction of sp³-hybridized carbons (Fsp3) is 0.625. The summed E-state index contributed by atoms with van der Waals surface area (Å²) >= 11 is 0. The molecule has 0 spiro atoms. The van der Waals surface area contributed by atoms with Gasteiger partial charge in [-0.05, 0) is 42.4 Å². The van der Waals surface area contributed by atoms with E-state index in [1.807, 2.05) is 12.1 Å². The lowest BCUT2D eigenvalue weighted by atomic mass is 10.0. The minimum atomic E-state index is 0.372. The van der Waals surface area contributed by atoms with Crippen molar-refractivity contribution in [3.8, 4) is 5.75 Å². The molecule has 3 nitrogen and oxygen atoms in total. The van der Waals surface area contributed by atoms with E-state index in [2.05, 4.69) is 17.0 Å². The first-order valence-corrected chi connectivity index (χ1v) is 7.40. The van der Waals surface area contributed by atoms with Crippen molar-refractivity contribution >= 4 is 0 Å². The zero-order chi connectivity index (χ0) is 13.2. The topological polar surface area (TPSA) is 38.5 Å². The van der Waals surface area contributed by atoms with Crippen molar-refractivity contribution in [2.45, 2.75) is 25.3 Å². The van der Waals surface area contributed by atoms with Gasteiger partial charge in [-0.2, -0.15) is 0 Å². The van der Waals surface area contributed by atoms with Gasteiger partial charge >= 0.3 is 0 Å². The number of hydrogen-bond acceptors (Lipinski definition) is 3. The zero-order valence-corrected chi connectivity index (χ0v) is 11.7. The van der Waals surface area contributed by atoms with E-state index in [-0.39, 0.29) is 0 Å². The van der Waals surface area contributed by atoms with Gasteiger partial charge in [0, 0.05) is 25.7 Å². The number of rotatable bonds is 4. The molecule has 3 heteroatoms. The number of ether oxygens (including phenoxy) is 1. The van der Waals surface area contributed by atoms with Crippen LogP contribution in [0.15, 0.2) is 24.3 Å². The van der Waals surface area contributed by atoms with E-state index in [9.17, 15) is 0 Å². The maximum absolute atomic E-state index is 6.03. The summed E-state index contributed by atoms with van der Waals surface area (Å²) in [5, 5.41) is 0. The lowest BCUT2D eigenvalue weighted by molar-refractivity contribution is 0.231. The third-order valence-electron chi connectivity index (χ3n) is 4.92. The largest absolute Gasteiger partial charge is 0.497 e. The van der Waals surface area contributed by atoms with E-state index >= 15 is 0 Å². The van der Waals surface area contributed by atoms with Gasteiger partial charge in [-0.25, -0.2) is 0 Å². The van der Waals surface area contributed by atoms with Gasteiger partial charge in [-0.3, -0.25) is 4.90 Å². The predicted octanol–water partition coefficient (Wildman–Crippen LogP) is 2.43. The number of fused-ring (bicyclic) bond motifs is 1. The highest BCUT2D eigenvalue weighted by atomic mass is 16.5. The molecule has 1 aromatic carbocycles. The van der Waals surface area contributed by atoms with E-state index in [1.54, 1.807) is 7.11 Å². The van der Waals surface area contributed by atoms with Crippen molar-refractivity contribution < 1.29 is 4.74 Å². The standard InChI is InChI=1S/C16H24N2O/c1-19-15-7-5-12(6-8-15)16(9-17)18-10-13-3-2-4-14(13)11-18/h5-8,13-14,16H,2-4,9-11,17H2,1H3. The molecule has 1 heterocycles. The van der Waals surface area contributed by atoms with Crippen LogP contribution in [-0.4, -0.2) is 31.6 Å². The van der Waals surface area contributed by atoms with Gasteiger partial charge in [0.1, 0.15) is 5.75 Å². The molecule has 2 N–H and O–H groups in total. The minimum absolute atomic E-state index is 0.372. The van der Waals surface area contributed by atoms with Crippen molar-refractivity contribution in [3.05, 3.63) is 29.8 Å². The van der Waals surface area contributed by atoms with Gasteiger partial charge < -0.3 is 10.5 Å². The van der Waals surface area contributed by atoms with Crippen LogP contribution in [0.1, 0.15) is 30.9 Å². The second kappa shape index (κ2) is 5.51. The molecule has 0 aromatic heterocycles. The summed E-state index contributed by atoms with van der Waals surface area (Å²) in [4.78, 5) is 2.59. The van der Waals surface area contributed by atoms with Crippen LogP contribution in [0.25, 0.3) is 0 Å². The molecule has 2 aliphatic rings. The lowest BCUT2D eigenvalue weighted by Gasteiger charge is -2.28. The molecule has 1 aromatic rings. The van der Waals surface area contributed by atoms with Crippen molar-refractivity contribution in [2.24, 2.45) is 17.6 Å². The summed E-state index contributed by atoms with van der Waals surface area (Å²) in [6.07, 6.45) is 4.27. The monoisotopic (exact) mass is 260 g/mol. The number of hydrogen-bond donors (Lipinski definition) is 1. The zero-order valence-electron chi connectivity index (χ0n) is 11.7. The van der Waals surface area contributed by atoms with E-state index in [0.717, 1.165) is 17.6 Å². The van der Waals surface area contributed by atoms with Crippen LogP contribution < -0.4 is 10.5 Å². The molecule has 1 aliphatic heterocycles. The molecule has 0 radical (unpaired) electrons. The van der Waals surface area contributed by atoms with Gasteiger partial charge in [0.15, 0.2) is 0 Å². The highest BCUT2D eigenvalue weighted by Crippen LogP contribution is 2.40. The first-order chi connectivity index (χ1) is 9.31. The number of benzene rings is 1. The quantitative estimate of drug-likeness (QED) is 0.903. The number of nitrogens with zero attached hydrogens (tertiary/aromatic N) is 1. The Morgan fingerprint density at radius 3 is 2.37 bits per heavy atom. The smallest absolute Gasteiger partial charge is 0.118 e. The summed E-state index contributed by atoms with van der Waals surface area (Å²) < 4.78 is 5.22. The second-order valence-corrected chi connectivity index (χ2v) is 5.93. The van der Waals surface area contributed by atoms with Crippen molar-refractivity contribution in [1.82, 2.24) is 4.90 Å². The number of nitrogens with two attached hydrogens (primary N) is 1. The van der Waals surface area contributed by atoms with Crippen LogP contribution in [-0.2, 0) is 0 Å². The SMILES string of the molecule is COc1ccc(C(CN)N2CC3CCCC3C2)cc1. The van der Waals surface area contributed by atoms with E-state index in [4.69, 9.17) is 10.5 Å². The van der Waals surface area contributed by atoms with Crippen molar-refractivity contribution in [1.29, 1.82) is 0 Å². The summed E-state index contributed by atoms with van der Waals surface area (Å²) in [6, 6.07) is 8.76. The van der Waals surface area contributed by atoms with Crippen LogP contribution in [0, 0.1) is 11.8 Å². The fourth-order valence-electron chi connectivity index (χ4n) is 3.85. The maximum Gasteiger partial charge on any atom is 0.118 e. The second-order valence-electron chi connectivity index (χ2n) is 5.93. The third-order valence-corrected chi connectivity index (χ3v) is 4.92. The van der Waals surface area contributed by atoms with Crippen LogP contribution in [0.4, 0.5) is 0 Å². The Kier molecular flexibility index (Phi) is 3.76. The van der Waals surface area contributed by atoms with Crippen LogP contribution in [0.2, 0.25) is 0 Å². The Morgan fingerprint density at radius 1 is 1.21 bits per heavy atom. The van der Waals surface area contributed by atoms with Crippen LogP contribution in [0.3, 0.4) is 0 Å². The molecular formula is C16H24N2O. The molecule has 3 unspecified atom stereocenters. The highest BCUT2D eigenvalue weighted by Gasteiger charge is 2.38. The molecule has 3 atom stereocenters. The molecule has 1 aliphatic carbocycles. The number of likely N-dealkylation sites (tertiary alicyclic amines) is 1.